The van der Waals surface area contributed by atoms with Gasteiger partial charge in [-0.15, -0.1) is 0 Å². The van der Waals surface area contributed by atoms with Crippen molar-refractivity contribution in [1.82, 2.24) is 14.8 Å². The number of pyridine rings is 1. The van der Waals surface area contributed by atoms with Gasteiger partial charge in [-0.3, -0.25) is 4.68 Å². The topological polar surface area (TPSA) is 57.0 Å². The molecule has 0 aromatic carbocycles. The molecule has 0 atom stereocenters. The summed E-state index contributed by atoms with van der Waals surface area (Å²) in [4.78, 5) is 15.5. The number of carbonyl (C=O) groups is 1. The Labute approximate surface area is 105 Å². The fraction of sp³-hybridized carbons (Fsp3) is 0.308. The van der Waals surface area contributed by atoms with Crippen LogP contribution in [0.25, 0.3) is 0 Å². The van der Waals surface area contributed by atoms with Gasteiger partial charge in [-0.05, 0) is 32.0 Å². The largest absolute Gasteiger partial charge is 0.459 e. The van der Waals surface area contributed by atoms with E-state index in [1.165, 1.54) is 0 Å². The summed E-state index contributed by atoms with van der Waals surface area (Å²) in [5.41, 5.74) is 2.34. The zero-order valence-corrected chi connectivity index (χ0v) is 10.5. The van der Waals surface area contributed by atoms with E-state index in [0.29, 0.717) is 12.2 Å². The first-order valence-electron chi connectivity index (χ1n) is 5.76. The smallest absolute Gasteiger partial charge is 0.356 e. The zero-order chi connectivity index (χ0) is 13.0. The van der Waals surface area contributed by atoms with Crippen LogP contribution in [-0.2, 0) is 11.3 Å². The predicted octanol–water partition coefficient (Wildman–Crippen LogP) is 1.75. The number of nitrogens with zero attached hydrogens (tertiary/aromatic N) is 3. The maximum Gasteiger partial charge on any atom is 0.356 e. The molecule has 0 N–H and O–H groups in total. The number of esters is 1. The van der Waals surface area contributed by atoms with E-state index in [-0.39, 0.29) is 6.61 Å². The van der Waals surface area contributed by atoms with E-state index >= 15 is 0 Å². The van der Waals surface area contributed by atoms with Gasteiger partial charge in [0.25, 0.3) is 0 Å². The summed E-state index contributed by atoms with van der Waals surface area (Å²) in [5.74, 6) is -0.405. The third kappa shape index (κ3) is 2.94. The normalized spacial score (nSPS) is 10.3. The average Bonchev–Trinajstić information content (AvgIpc) is 2.69. The van der Waals surface area contributed by atoms with E-state index in [2.05, 4.69) is 10.1 Å². The second-order valence-corrected chi connectivity index (χ2v) is 4.00. The van der Waals surface area contributed by atoms with Crippen molar-refractivity contribution in [2.45, 2.75) is 20.4 Å². The number of hydrogen-bond acceptors (Lipinski definition) is 4. The molecule has 0 aliphatic rings. The summed E-state index contributed by atoms with van der Waals surface area (Å²) >= 11 is 0. The molecule has 0 unspecified atom stereocenters. The Balaban J connectivity index is 1.86. The van der Waals surface area contributed by atoms with Crippen molar-refractivity contribution >= 4 is 5.97 Å². The molecule has 2 heterocycles. The van der Waals surface area contributed by atoms with Gasteiger partial charge in [-0.2, -0.15) is 5.10 Å². The van der Waals surface area contributed by atoms with Gasteiger partial charge in [0.15, 0.2) is 0 Å². The summed E-state index contributed by atoms with van der Waals surface area (Å²) in [6.45, 7) is 4.75. The number of ether oxygens (including phenoxy) is 1. The lowest BCUT2D eigenvalue weighted by molar-refractivity contribution is 0.0480. The van der Waals surface area contributed by atoms with Crippen LogP contribution >= 0.6 is 0 Å². The molecular weight excluding hydrogens is 230 g/mol. The van der Waals surface area contributed by atoms with Crippen LogP contribution in [0.3, 0.4) is 0 Å². The minimum atomic E-state index is -0.405. The Hall–Kier alpha value is -2.17. The summed E-state index contributed by atoms with van der Waals surface area (Å²) in [5, 5.41) is 4.29. The van der Waals surface area contributed by atoms with E-state index in [9.17, 15) is 4.79 Å². The second kappa shape index (κ2) is 5.44. The van der Waals surface area contributed by atoms with Crippen LogP contribution < -0.4 is 0 Å². The number of hydrogen-bond donors (Lipinski definition) is 0. The highest BCUT2D eigenvalue weighted by atomic mass is 16.5. The van der Waals surface area contributed by atoms with Crippen LogP contribution in [0.4, 0.5) is 0 Å². The second-order valence-electron chi connectivity index (χ2n) is 4.00. The van der Waals surface area contributed by atoms with Crippen molar-refractivity contribution in [3.63, 3.8) is 0 Å². The molecule has 0 aliphatic heterocycles. The Morgan fingerprint density at radius 1 is 1.39 bits per heavy atom. The molecule has 5 heteroatoms. The van der Waals surface area contributed by atoms with E-state index in [1.807, 2.05) is 24.6 Å². The van der Waals surface area contributed by atoms with Gasteiger partial charge >= 0.3 is 5.97 Å². The molecule has 5 nitrogen and oxygen atoms in total. The van der Waals surface area contributed by atoms with Gasteiger partial charge in [0, 0.05) is 11.9 Å². The van der Waals surface area contributed by atoms with E-state index in [4.69, 9.17) is 4.74 Å². The fourth-order valence-electron chi connectivity index (χ4n) is 1.68. The van der Waals surface area contributed by atoms with Crippen LogP contribution in [0.15, 0.2) is 30.5 Å². The van der Waals surface area contributed by atoms with Gasteiger partial charge in [0.2, 0.25) is 0 Å². The predicted molar refractivity (Wildman–Crippen MR) is 66.2 cm³/mol. The van der Waals surface area contributed by atoms with Gasteiger partial charge in [0.1, 0.15) is 12.3 Å². The lowest BCUT2D eigenvalue weighted by atomic mass is 10.3. The van der Waals surface area contributed by atoms with Crippen molar-refractivity contribution in [2.24, 2.45) is 0 Å². The highest BCUT2D eigenvalue weighted by molar-refractivity contribution is 5.87. The molecule has 0 bridgehead atoms. The maximum atomic E-state index is 11.6. The van der Waals surface area contributed by atoms with Gasteiger partial charge in [0.05, 0.1) is 12.2 Å². The summed E-state index contributed by atoms with van der Waals surface area (Å²) in [7, 11) is 0. The van der Waals surface area contributed by atoms with Crippen LogP contribution in [0.5, 0.6) is 0 Å². The minimum Gasteiger partial charge on any atom is -0.459 e. The highest BCUT2D eigenvalue weighted by Crippen LogP contribution is 2.02. The molecule has 0 aliphatic carbocycles. The number of aromatic nitrogens is 3. The number of rotatable bonds is 4. The van der Waals surface area contributed by atoms with Gasteiger partial charge in [-0.25, -0.2) is 9.78 Å². The van der Waals surface area contributed by atoms with Crippen LogP contribution in [-0.4, -0.2) is 27.3 Å². The lowest BCUT2D eigenvalue weighted by Gasteiger charge is -2.05. The molecule has 2 aromatic heterocycles. The molecule has 2 aromatic rings. The Bertz CT molecular complexity index is 534. The van der Waals surface area contributed by atoms with Crippen LogP contribution in [0.2, 0.25) is 0 Å². The monoisotopic (exact) mass is 245 g/mol. The molecule has 2 rings (SSSR count). The summed E-state index contributed by atoms with van der Waals surface area (Å²) in [6.07, 6.45) is 1.57. The van der Waals surface area contributed by atoms with Crippen molar-refractivity contribution in [2.75, 3.05) is 6.61 Å². The van der Waals surface area contributed by atoms with Gasteiger partial charge < -0.3 is 4.74 Å². The first-order chi connectivity index (χ1) is 8.66. The molecule has 94 valence electrons. The van der Waals surface area contributed by atoms with Crippen molar-refractivity contribution in [1.29, 1.82) is 0 Å². The molecule has 0 saturated heterocycles. The maximum absolute atomic E-state index is 11.6. The quantitative estimate of drug-likeness (QED) is 0.770. The lowest BCUT2D eigenvalue weighted by Crippen LogP contribution is -2.14. The summed E-state index contributed by atoms with van der Waals surface area (Å²) in [6, 6.07) is 7.13. The Kier molecular flexibility index (Phi) is 3.72. The molecule has 18 heavy (non-hydrogen) atoms. The Morgan fingerprint density at radius 2 is 2.22 bits per heavy atom. The standard InChI is InChI=1S/C13H15N3O2/c1-10-9-11(2)16(15-10)7-8-18-13(17)12-5-3-4-6-14-12/h3-6,9H,7-8H2,1-2H3. The molecule has 0 radical (unpaired) electrons. The molecule has 0 amide bonds. The fourth-order valence-corrected chi connectivity index (χ4v) is 1.68. The number of aryl methyl sites for hydroxylation is 2. The first-order valence-corrected chi connectivity index (χ1v) is 5.76. The van der Waals surface area contributed by atoms with Crippen LogP contribution in [0.1, 0.15) is 21.9 Å². The SMILES string of the molecule is Cc1cc(C)n(CCOC(=O)c2ccccn2)n1. The minimum absolute atomic E-state index is 0.289. The third-order valence-electron chi connectivity index (χ3n) is 2.51. The first kappa shape index (κ1) is 12.3. The van der Waals surface area contributed by atoms with Crippen molar-refractivity contribution in [3.05, 3.63) is 47.5 Å². The van der Waals surface area contributed by atoms with E-state index in [0.717, 1.165) is 11.4 Å². The van der Waals surface area contributed by atoms with Gasteiger partial charge in [-0.1, -0.05) is 6.07 Å². The molecule has 0 saturated carbocycles. The highest BCUT2D eigenvalue weighted by Gasteiger charge is 2.08. The molecule has 0 spiro atoms. The average molecular weight is 245 g/mol. The molecule has 0 fully saturated rings. The molecular formula is C13H15N3O2. The van der Waals surface area contributed by atoms with Crippen LogP contribution in [0, 0.1) is 13.8 Å². The van der Waals surface area contributed by atoms with E-state index < -0.39 is 5.97 Å². The van der Waals surface area contributed by atoms with Crippen molar-refractivity contribution in [3.8, 4) is 0 Å². The third-order valence-corrected chi connectivity index (χ3v) is 2.51. The zero-order valence-electron chi connectivity index (χ0n) is 10.5. The van der Waals surface area contributed by atoms with Crippen molar-refractivity contribution < 1.29 is 9.53 Å². The Morgan fingerprint density at radius 3 is 2.83 bits per heavy atom. The summed E-state index contributed by atoms with van der Waals surface area (Å²) < 4.78 is 6.95. The van der Waals surface area contributed by atoms with E-state index in [1.54, 1.807) is 24.4 Å². The number of carbonyl (C=O) groups excluding carboxylic acids is 1.